The molecule has 1 aliphatic rings. The van der Waals surface area contributed by atoms with E-state index in [4.69, 9.17) is 5.14 Å². The standard InChI is InChI=1S/C18H16F3N3O2SSe/c1-28-11-12-2-4-13(5-3-12)16-10-17(18(19,20)21)23-24(16)14-6-8-15(9-7-14)27(22,25)26/h2,4-11H,3H2,1H3,(H2,22,25,26). The SMILES string of the molecule is C[Se]C=C1C=CC(c2cc(C(F)(F)F)nn2-c2ccc(S(N)(=O)=O)cc2)=CC1. The third kappa shape index (κ3) is 4.47. The average molecular weight is 474 g/mol. The Kier molecular flexibility index (Phi) is 5.67. The summed E-state index contributed by atoms with van der Waals surface area (Å²) >= 11 is 0.362. The van der Waals surface area contributed by atoms with Crippen LogP contribution in [0.25, 0.3) is 11.3 Å². The summed E-state index contributed by atoms with van der Waals surface area (Å²) in [5.41, 5.74) is 1.27. The third-order valence-electron chi connectivity index (χ3n) is 4.01. The van der Waals surface area contributed by atoms with Gasteiger partial charge < -0.3 is 0 Å². The fourth-order valence-corrected chi connectivity index (χ4v) is 4.21. The molecule has 1 aromatic heterocycles. The molecule has 2 aromatic rings. The fourth-order valence-electron chi connectivity index (χ4n) is 2.69. The Morgan fingerprint density at radius 2 is 1.89 bits per heavy atom. The van der Waals surface area contributed by atoms with Gasteiger partial charge in [0.05, 0.1) is 0 Å². The number of hydrogen-bond donors (Lipinski definition) is 1. The summed E-state index contributed by atoms with van der Waals surface area (Å²) in [5, 5.41) is 8.77. The van der Waals surface area contributed by atoms with Gasteiger partial charge in [0.2, 0.25) is 0 Å². The molecule has 3 rings (SSSR count). The van der Waals surface area contributed by atoms with Crippen molar-refractivity contribution in [2.45, 2.75) is 23.3 Å². The Morgan fingerprint density at radius 1 is 1.21 bits per heavy atom. The Morgan fingerprint density at radius 3 is 2.39 bits per heavy atom. The predicted molar refractivity (Wildman–Crippen MR) is 101 cm³/mol. The van der Waals surface area contributed by atoms with Gasteiger partial charge in [-0.3, -0.25) is 0 Å². The number of nitrogens with zero attached hydrogens (tertiary/aromatic N) is 2. The number of sulfonamides is 1. The van der Waals surface area contributed by atoms with Crippen LogP contribution in [0.5, 0.6) is 0 Å². The van der Waals surface area contributed by atoms with E-state index >= 15 is 0 Å². The zero-order chi connectivity index (χ0) is 20.5. The van der Waals surface area contributed by atoms with Crippen LogP contribution < -0.4 is 5.14 Å². The fraction of sp³-hybridized carbons (Fsp3) is 0.167. The van der Waals surface area contributed by atoms with Crippen molar-refractivity contribution >= 4 is 30.6 Å². The topological polar surface area (TPSA) is 78.0 Å². The van der Waals surface area contributed by atoms with Crippen LogP contribution in [-0.4, -0.2) is 33.2 Å². The second kappa shape index (κ2) is 7.71. The van der Waals surface area contributed by atoms with E-state index in [0.29, 0.717) is 32.6 Å². The number of nitrogens with two attached hydrogens (primary N) is 1. The van der Waals surface area contributed by atoms with E-state index in [2.05, 4.69) is 15.9 Å². The first-order chi connectivity index (χ1) is 13.1. The summed E-state index contributed by atoms with van der Waals surface area (Å²) in [6.07, 6.45) is 1.51. The van der Waals surface area contributed by atoms with Gasteiger partial charge >= 0.3 is 153 Å². The van der Waals surface area contributed by atoms with Crippen molar-refractivity contribution in [1.29, 1.82) is 0 Å². The van der Waals surface area contributed by atoms with E-state index in [-0.39, 0.29) is 10.6 Å². The molecule has 28 heavy (non-hydrogen) atoms. The van der Waals surface area contributed by atoms with Gasteiger partial charge in [0.1, 0.15) is 0 Å². The Balaban J connectivity index is 2.07. The molecule has 0 radical (unpaired) electrons. The second-order valence-electron chi connectivity index (χ2n) is 5.99. The Bertz CT molecular complexity index is 1080. The van der Waals surface area contributed by atoms with Crippen molar-refractivity contribution in [1.82, 2.24) is 9.78 Å². The van der Waals surface area contributed by atoms with E-state index in [1.807, 2.05) is 12.2 Å². The molecule has 148 valence electrons. The monoisotopic (exact) mass is 475 g/mol. The molecule has 0 aliphatic heterocycles. The first-order valence-corrected chi connectivity index (χ1v) is 12.3. The molecule has 0 fully saturated rings. The van der Waals surface area contributed by atoms with Crippen molar-refractivity contribution in [3.05, 3.63) is 70.5 Å². The van der Waals surface area contributed by atoms with Gasteiger partial charge in [0.15, 0.2) is 0 Å². The third-order valence-corrected chi connectivity index (χ3v) is 6.07. The number of hydrogen-bond acceptors (Lipinski definition) is 3. The maximum atomic E-state index is 13.2. The Hall–Kier alpha value is -2.13. The van der Waals surface area contributed by atoms with Crippen LogP contribution in [0.15, 0.2) is 64.0 Å². The van der Waals surface area contributed by atoms with E-state index in [1.165, 1.54) is 24.3 Å². The quantitative estimate of drug-likeness (QED) is 0.689. The number of allylic oxidation sites excluding steroid dienone is 5. The molecule has 0 atom stereocenters. The predicted octanol–water partition coefficient (Wildman–Crippen LogP) is 3.52. The van der Waals surface area contributed by atoms with Crippen LogP contribution >= 0.6 is 0 Å². The van der Waals surface area contributed by atoms with Gasteiger partial charge in [-0.2, -0.15) is 0 Å². The van der Waals surface area contributed by atoms with Crippen LogP contribution in [0.4, 0.5) is 13.2 Å². The van der Waals surface area contributed by atoms with Gasteiger partial charge in [-0.1, -0.05) is 0 Å². The van der Waals surface area contributed by atoms with Crippen molar-refractivity contribution in [2.75, 3.05) is 0 Å². The number of primary sulfonamides is 1. The minimum atomic E-state index is -4.60. The molecular formula is C18H16F3N3O2SSe. The number of alkyl halides is 3. The Labute approximate surface area is 166 Å². The number of halogens is 3. The molecule has 0 spiro atoms. The summed E-state index contributed by atoms with van der Waals surface area (Å²) in [6.45, 7) is 0. The molecule has 1 heterocycles. The molecular weight excluding hydrogens is 458 g/mol. The summed E-state index contributed by atoms with van der Waals surface area (Å²) in [7, 11) is -3.90. The molecule has 2 N–H and O–H groups in total. The second-order valence-corrected chi connectivity index (χ2v) is 9.03. The first kappa shape index (κ1) is 20.6. The van der Waals surface area contributed by atoms with Gasteiger partial charge in [0, 0.05) is 0 Å². The van der Waals surface area contributed by atoms with Crippen LogP contribution in [-0.2, 0) is 16.2 Å². The van der Waals surface area contributed by atoms with Crippen molar-refractivity contribution in [3.8, 4) is 5.69 Å². The molecule has 10 heteroatoms. The van der Waals surface area contributed by atoms with E-state index in [0.717, 1.165) is 16.3 Å². The molecule has 0 amide bonds. The molecule has 0 bridgehead atoms. The number of aromatic nitrogens is 2. The molecule has 0 unspecified atom stereocenters. The first-order valence-electron chi connectivity index (χ1n) is 8.00. The zero-order valence-electron chi connectivity index (χ0n) is 14.6. The molecule has 5 nitrogen and oxygen atoms in total. The van der Waals surface area contributed by atoms with E-state index in [1.54, 1.807) is 6.08 Å². The molecule has 1 aliphatic carbocycles. The maximum absolute atomic E-state index is 13.2. The minimum absolute atomic E-state index is 0.131. The van der Waals surface area contributed by atoms with Gasteiger partial charge in [-0.05, 0) is 0 Å². The summed E-state index contributed by atoms with van der Waals surface area (Å²) in [6, 6.07) is 6.20. The van der Waals surface area contributed by atoms with Crippen molar-refractivity contribution in [2.24, 2.45) is 5.14 Å². The average Bonchev–Trinajstić information content (AvgIpc) is 3.08. The summed E-state index contributed by atoms with van der Waals surface area (Å²) in [4.78, 5) is 1.98. The van der Waals surface area contributed by atoms with Crippen LogP contribution in [0.1, 0.15) is 17.8 Å². The van der Waals surface area contributed by atoms with Crippen LogP contribution in [0.2, 0.25) is 5.82 Å². The van der Waals surface area contributed by atoms with E-state index in [9.17, 15) is 21.6 Å². The number of benzene rings is 1. The zero-order valence-corrected chi connectivity index (χ0v) is 17.2. The molecule has 0 saturated carbocycles. The van der Waals surface area contributed by atoms with Crippen LogP contribution in [0, 0.1) is 0 Å². The van der Waals surface area contributed by atoms with Crippen LogP contribution in [0.3, 0.4) is 0 Å². The number of rotatable bonds is 4. The van der Waals surface area contributed by atoms with Gasteiger partial charge in [-0.15, -0.1) is 0 Å². The summed E-state index contributed by atoms with van der Waals surface area (Å²) < 4.78 is 63.6. The van der Waals surface area contributed by atoms with Gasteiger partial charge in [0.25, 0.3) is 0 Å². The van der Waals surface area contributed by atoms with Crippen molar-refractivity contribution in [3.63, 3.8) is 0 Å². The van der Waals surface area contributed by atoms with Crippen molar-refractivity contribution < 1.29 is 21.6 Å². The molecule has 0 saturated heterocycles. The van der Waals surface area contributed by atoms with Gasteiger partial charge in [-0.25, -0.2) is 13.6 Å². The molecule has 1 aromatic carbocycles. The van der Waals surface area contributed by atoms with E-state index < -0.39 is 21.9 Å². The normalized spacial score (nSPS) is 16.5. The summed E-state index contributed by atoms with van der Waals surface area (Å²) in [5.74, 6) is 2.07.